The van der Waals surface area contributed by atoms with Crippen LogP contribution in [-0.4, -0.2) is 13.9 Å². The Labute approximate surface area is 129 Å². The van der Waals surface area contributed by atoms with Gasteiger partial charge in [-0.1, -0.05) is 13.8 Å². The van der Waals surface area contributed by atoms with Crippen molar-refractivity contribution in [1.82, 2.24) is 0 Å². The van der Waals surface area contributed by atoms with Gasteiger partial charge in [-0.25, -0.2) is 4.39 Å². The molecule has 0 aromatic heterocycles. The standard InChI is InChI=1S/C18H19FO3/c1-10(2)12-6-14(16(20-4)8-15(12)19)13-7-18-17(5-11(13)3)21-9-22-18/h5-8,10H,9H2,1-4H3. The number of fused-ring (bicyclic) bond motifs is 1. The van der Waals surface area contributed by atoms with E-state index in [0.29, 0.717) is 17.1 Å². The number of aryl methyl sites for hydroxylation is 1. The molecule has 0 bridgehead atoms. The van der Waals surface area contributed by atoms with Gasteiger partial charge in [0.05, 0.1) is 7.11 Å². The first-order valence-corrected chi connectivity index (χ1v) is 7.29. The van der Waals surface area contributed by atoms with Crippen molar-refractivity contribution in [2.45, 2.75) is 26.7 Å². The molecule has 0 aliphatic carbocycles. The Balaban J connectivity index is 2.21. The first kappa shape index (κ1) is 14.7. The Morgan fingerprint density at radius 1 is 1.05 bits per heavy atom. The summed E-state index contributed by atoms with van der Waals surface area (Å²) >= 11 is 0. The minimum Gasteiger partial charge on any atom is -0.496 e. The molecule has 0 atom stereocenters. The van der Waals surface area contributed by atoms with Crippen LogP contribution in [0.2, 0.25) is 0 Å². The van der Waals surface area contributed by atoms with Crippen molar-refractivity contribution in [2.24, 2.45) is 0 Å². The van der Waals surface area contributed by atoms with Crippen LogP contribution in [0.5, 0.6) is 17.2 Å². The zero-order valence-electron chi connectivity index (χ0n) is 13.2. The number of rotatable bonds is 3. The second-order valence-electron chi connectivity index (χ2n) is 5.75. The average molecular weight is 302 g/mol. The van der Waals surface area contributed by atoms with Crippen molar-refractivity contribution in [1.29, 1.82) is 0 Å². The van der Waals surface area contributed by atoms with Crippen LogP contribution in [0, 0.1) is 12.7 Å². The van der Waals surface area contributed by atoms with Gasteiger partial charge in [-0.3, -0.25) is 0 Å². The molecule has 0 N–H and O–H groups in total. The summed E-state index contributed by atoms with van der Waals surface area (Å²) < 4.78 is 30.4. The third kappa shape index (κ3) is 2.39. The van der Waals surface area contributed by atoms with Crippen LogP contribution in [0.15, 0.2) is 24.3 Å². The molecule has 0 saturated carbocycles. The fourth-order valence-corrected chi connectivity index (χ4v) is 2.73. The lowest BCUT2D eigenvalue weighted by molar-refractivity contribution is 0.174. The molecule has 3 nitrogen and oxygen atoms in total. The van der Waals surface area contributed by atoms with Crippen molar-refractivity contribution in [2.75, 3.05) is 13.9 Å². The summed E-state index contributed by atoms with van der Waals surface area (Å²) in [4.78, 5) is 0. The van der Waals surface area contributed by atoms with Gasteiger partial charge in [0.25, 0.3) is 0 Å². The van der Waals surface area contributed by atoms with E-state index in [4.69, 9.17) is 14.2 Å². The van der Waals surface area contributed by atoms with E-state index < -0.39 is 0 Å². The zero-order valence-corrected chi connectivity index (χ0v) is 13.2. The molecule has 0 fully saturated rings. The fourth-order valence-electron chi connectivity index (χ4n) is 2.73. The molecule has 0 amide bonds. The van der Waals surface area contributed by atoms with Gasteiger partial charge in [0.1, 0.15) is 11.6 Å². The van der Waals surface area contributed by atoms with Crippen molar-refractivity contribution >= 4 is 0 Å². The molecule has 0 saturated heterocycles. The molecule has 116 valence electrons. The second-order valence-corrected chi connectivity index (χ2v) is 5.75. The zero-order chi connectivity index (χ0) is 15.9. The average Bonchev–Trinajstić information content (AvgIpc) is 2.92. The number of ether oxygens (including phenoxy) is 3. The Morgan fingerprint density at radius 2 is 1.73 bits per heavy atom. The van der Waals surface area contributed by atoms with Crippen molar-refractivity contribution in [3.8, 4) is 28.4 Å². The highest BCUT2D eigenvalue weighted by atomic mass is 19.1. The van der Waals surface area contributed by atoms with Gasteiger partial charge in [-0.05, 0) is 47.7 Å². The lowest BCUT2D eigenvalue weighted by atomic mass is 9.93. The third-order valence-electron chi connectivity index (χ3n) is 3.95. The Hall–Kier alpha value is -2.23. The van der Waals surface area contributed by atoms with Crippen LogP contribution in [0.1, 0.15) is 30.9 Å². The van der Waals surface area contributed by atoms with Crippen LogP contribution in [0.4, 0.5) is 4.39 Å². The summed E-state index contributed by atoms with van der Waals surface area (Å²) in [5, 5.41) is 0. The minimum absolute atomic E-state index is 0.0963. The van der Waals surface area contributed by atoms with Crippen LogP contribution in [-0.2, 0) is 0 Å². The topological polar surface area (TPSA) is 27.7 Å². The molecule has 2 aromatic rings. The van der Waals surface area contributed by atoms with Gasteiger partial charge in [-0.2, -0.15) is 0 Å². The van der Waals surface area contributed by atoms with E-state index in [9.17, 15) is 4.39 Å². The molecule has 0 unspecified atom stereocenters. The van der Waals surface area contributed by atoms with Gasteiger partial charge in [0.2, 0.25) is 6.79 Å². The van der Waals surface area contributed by atoms with E-state index in [1.807, 2.05) is 39.0 Å². The summed E-state index contributed by atoms with van der Waals surface area (Å²) in [6, 6.07) is 7.19. The first-order chi connectivity index (χ1) is 10.5. The van der Waals surface area contributed by atoms with Crippen LogP contribution < -0.4 is 14.2 Å². The highest BCUT2D eigenvalue weighted by Gasteiger charge is 2.20. The molecular formula is C18H19FO3. The lowest BCUT2D eigenvalue weighted by Gasteiger charge is -2.16. The van der Waals surface area contributed by atoms with Crippen molar-refractivity contribution in [3.05, 3.63) is 41.2 Å². The molecule has 0 radical (unpaired) electrons. The van der Waals surface area contributed by atoms with Crippen molar-refractivity contribution in [3.63, 3.8) is 0 Å². The maximum Gasteiger partial charge on any atom is 0.231 e. The minimum atomic E-state index is -0.242. The van der Waals surface area contributed by atoms with Crippen LogP contribution >= 0.6 is 0 Å². The summed E-state index contributed by atoms with van der Waals surface area (Å²) in [7, 11) is 1.55. The van der Waals surface area contributed by atoms with E-state index in [-0.39, 0.29) is 18.5 Å². The molecule has 1 aliphatic heterocycles. The number of methoxy groups -OCH3 is 1. The fraction of sp³-hybridized carbons (Fsp3) is 0.333. The van der Waals surface area contributed by atoms with E-state index in [2.05, 4.69) is 0 Å². The van der Waals surface area contributed by atoms with Crippen LogP contribution in [0.3, 0.4) is 0 Å². The number of benzene rings is 2. The Morgan fingerprint density at radius 3 is 2.36 bits per heavy atom. The monoisotopic (exact) mass is 302 g/mol. The molecule has 0 spiro atoms. The van der Waals surface area contributed by atoms with E-state index in [1.54, 1.807) is 7.11 Å². The highest BCUT2D eigenvalue weighted by molar-refractivity contribution is 5.77. The quantitative estimate of drug-likeness (QED) is 0.825. The lowest BCUT2D eigenvalue weighted by Crippen LogP contribution is -1.98. The Bertz CT molecular complexity index is 723. The second kappa shape index (κ2) is 5.52. The number of hydrogen-bond donors (Lipinski definition) is 0. The predicted molar refractivity (Wildman–Crippen MR) is 83.3 cm³/mol. The summed E-state index contributed by atoms with van der Waals surface area (Å²) in [5.41, 5.74) is 3.53. The van der Waals surface area contributed by atoms with E-state index in [1.165, 1.54) is 6.07 Å². The molecular weight excluding hydrogens is 283 g/mol. The molecule has 4 heteroatoms. The maximum absolute atomic E-state index is 14.2. The van der Waals surface area contributed by atoms with Gasteiger partial charge in [-0.15, -0.1) is 0 Å². The Kier molecular flexibility index (Phi) is 3.69. The smallest absolute Gasteiger partial charge is 0.231 e. The maximum atomic E-state index is 14.2. The van der Waals surface area contributed by atoms with Crippen LogP contribution in [0.25, 0.3) is 11.1 Å². The SMILES string of the molecule is COc1cc(F)c(C(C)C)cc1-c1cc2c(cc1C)OCO2. The number of halogens is 1. The normalized spacial score (nSPS) is 12.8. The van der Waals surface area contributed by atoms with E-state index in [0.717, 1.165) is 22.4 Å². The summed E-state index contributed by atoms with van der Waals surface area (Å²) in [6.07, 6.45) is 0. The van der Waals surface area contributed by atoms with Gasteiger partial charge < -0.3 is 14.2 Å². The van der Waals surface area contributed by atoms with Gasteiger partial charge >= 0.3 is 0 Å². The molecule has 1 aliphatic rings. The van der Waals surface area contributed by atoms with Gasteiger partial charge in [0, 0.05) is 11.6 Å². The van der Waals surface area contributed by atoms with Crippen molar-refractivity contribution < 1.29 is 18.6 Å². The molecule has 22 heavy (non-hydrogen) atoms. The summed E-state index contributed by atoms with van der Waals surface area (Å²) in [6.45, 7) is 6.17. The molecule has 3 rings (SSSR count). The highest BCUT2D eigenvalue weighted by Crippen LogP contribution is 2.42. The number of hydrogen-bond acceptors (Lipinski definition) is 3. The van der Waals surface area contributed by atoms with E-state index >= 15 is 0 Å². The molecule has 1 heterocycles. The molecule has 2 aromatic carbocycles. The first-order valence-electron chi connectivity index (χ1n) is 7.29. The largest absolute Gasteiger partial charge is 0.496 e. The van der Waals surface area contributed by atoms with Gasteiger partial charge in [0.15, 0.2) is 11.5 Å². The predicted octanol–water partition coefficient (Wildman–Crippen LogP) is 4.66. The third-order valence-corrected chi connectivity index (χ3v) is 3.95. The summed E-state index contributed by atoms with van der Waals surface area (Å²) in [5.74, 6) is 1.82.